The van der Waals surface area contributed by atoms with Crippen LogP contribution in [0.4, 0.5) is 0 Å². The summed E-state index contributed by atoms with van der Waals surface area (Å²) in [7, 11) is 0. The molecule has 1 aliphatic heterocycles. The number of hydrogen-bond acceptors (Lipinski definition) is 4. The van der Waals surface area contributed by atoms with Gasteiger partial charge < -0.3 is 14.7 Å². The van der Waals surface area contributed by atoms with E-state index in [0.29, 0.717) is 25.9 Å². The number of aryl methyl sites for hydroxylation is 1. The van der Waals surface area contributed by atoms with Crippen molar-refractivity contribution in [2.24, 2.45) is 0 Å². The number of esters is 1. The fourth-order valence-electron chi connectivity index (χ4n) is 3.77. The summed E-state index contributed by atoms with van der Waals surface area (Å²) in [5, 5.41) is 10.4. The molecular formula is C24H35NO4. The minimum atomic E-state index is -0.545. The Morgan fingerprint density at radius 3 is 2.79 bits per heavy atom. The summed E-state index contributed by atoms with van der Waals surface area (Å²) >= 11 is 0. The van der Waals surface area contributed by atoms with Crippen molar-refractivity contribution in [3.63, 3.8) is 0 Å². The topological polar surface area (TPSA) is 66.8 Å². The highest BCUT2D eigenvalue weighted by molar-refractivity contribution is 5.79. The van der Waals surface area contributed by atoms with Crippen LogP contribution in [-0.4, -0.2) is 47.2 Å². The van der Waals surface area contributed by atoms with Gasteiger partial charge in [-0.15, -0.1) is 0 Å². The Kier molecular flexibility index (Phi) is 9.92. The van der Waals surface area contributed by atoms with Gasteiger partial charge in [-0.25, -0.2) is 0 Å². The predicted octanol–water partition coefficient (Wildman–Crippen LogP) is 3.96. The summed E-state index contributed by atoms with van der Waals surface area (Å²) in [4.78, 5) is 25.5. The Hall–Kier alpha value is -2.14. The van der Waals surface area contributed by atoms with Crippen LogP contribution in [0.1, 0.15) is 63.0 Å². The summed E-state index contributed by atoms with van der Waals surface area (Å²) < 4.78 is 4.93. The monoisotopic (exact) mass is 401 g/mol. The van der Waals surface area contributed by atoms with Gasteiger partial charge >= 0.3 is 5.97 Å². The van der Waals surface area contributed by atoms with Gasteiger partial charge in [0, 0.05) is 25.8 Å². The molecule has 0 spiro atoms. The first-order valence-electron chi connectivity index (χ1n) is 10.9. The number of aliphatic hydroxyl groups excluding tert-OH is 1. The molecule has 1 heterocycles. The molecule has 1 aliphatic rings. The minimum Gasteiger partial charge on any atom is -0.466 e. The SMILES string of the molecule is CCOC(=O)CCCCCCN1C(=O)CC[C@@H]1/C=C/[C@@H](O)Cc1ccccc1C. The van der Waals surface area contributed by atoms with Gasteiger partial charge in [-0.1, -0.05) is 49.3 Å². The molecule has 1 amide bonds. The van der Waals surface area contributed by atoms with E-state index in [0.717, 1.165) is 44.2 Å². The van der Waals surface area contributed by atoms with Crippen LogP contribution >= 0.6 is 0 Å². The van der Waals surface area contributed by atoms with E-state index in [2.05, 4.69) is 13.0 Å². The van der Waals surface area contributed by atoms with E-state index in [1.807, 2.05) is 42.2 Å². The number of benzene rings is 1. The molecule has 2 atom stereocenters. The first-order valence-corrected chi connectivity index (χ1v) is 10.9. The van der Waals surface area contributed by atoms with Crippen LogP contribution in [0.2, 0.25) is 0 Å². The van der Waals surface area contributed by atoms with Crippen LogP contribution in [0, 0.1) is 6.92 Å². The smallest absolute Gasteiger partial charge is 0.305 e. The zero-order valence-electron chi connectivity index (χ0n) is 17.8. The highest BCUT2D eigenvalue weighted by Gasteiger charge is 2.28. The summed E-state index contributed by atoms with van der Waals surface area (Å²) in [6.45, 7) is 5.04. The number of rotatable bonds is 12. The Bertz CT molecular complexity index is 685. The number of unbranched alkanes of at least 4 members (excludes halogenated alkanes) is 3. The molecule has 0 aliphatic carbocycles. The summed E-state index contributed by atoms with van der Waals surface area (Å²) in [6.07, 6.45) is 9.47. The van der Waals surface area contributed by atoms with Crippen molar-refractivity contribution >= 4 is 11.9 Å². The van der Waals surface area contributed by atoms with E-state index in [1.165, 1.54) is 5.56 Å². The molecule has 1 aromatic carbocycles. The lowest BCUT2D eigenvalue weighted by Gasteiger charge is -2.22. The summed E-state index contributed by atoms with van der Waals surface area (Å²) in [5.74, 6) is 0.0660. The van der Waals surface area contributed by atoms with Crippen LogP contribution in [0.25, 0.3) is 0 Å². The second-order valence-electron chi connectivity index (χ2n) is 7.75. The predicted molar refractivity (Wildman–Crippen MR) is 114 cm³/mol. The maximum Gasteiger partial charge on any atom is 0.305 e. The lowest BCUT2D eigenvalue weighted by molar-refractivity contribution is -0.143. The normalized spacial score (nSPS) is 17.8. The molecule has 0 unspecified atom stereocenters. The van der Waals surface area contributed by atoms with Crippen LogP contribution in [-0.2, 0) is 20.7 Å². The molecule has 1 N–H and O–H groups in total. The third kappa shape index (κ3) is 8.01. The molecule has 1 saturated heterocycles. The van der Waals surface area contributed by atoms with Gasteiger partial charge in [0.15, 0.2) is 0 Å². The summed E-state index contributed by atoms with van der Waals surface area (Å²) in [5.41, 5.74) is 2.33. The Morgan fingerprint density at radius 2 is 2.03 bits per heavy atom. The van der Waals surface area contributed by atoms with Gasteiger partial charge in [0.05, 0.1) is 18.8 Å². The van der Waals surface area contributed by atoms with Crippen LogP contribution in [0.5, 0.6) is 0 Å². The maximum atomic E-state index is 12.2. The maximum absolute atomic E-state index is 12.2. The standard InChI is InChI=1S/C24H35NO4/c1-3-29-24(28)12-6-4-5-9-17-25-21(14-16-23(25)27)13-15-22(26)18-20-11-8-7-10-19(20)2/h7-8,10-11,13,15,21-22,26H,3-6,9,12,14,16-18H2,1-2H3/b15-13+/t21-,22+/m0/s1. The van der Waals surface area contributed by atoms with E-state index in [9.17, 15) is 14.7 Å². The lowest BCUT2D eigenvalue weighted by Crippen LogP contribution is -2.32. The van der Waals surface area contributed by atoms with Crippen LogP contribution in [0.15, 0.2) is 36.4 Å². The number of ether oxygens (including phenoxy) is 1. The number of carbonyl (C=O) groups excluding carboxylic acids is 2. The van der Waals surface area contributed by atoms with E-state index in [4.69, 9.17) is 4.74 Å². The van der Waals surface area contributed by atoms with E-state index in [1.54, 1.807) is 0 Å². The third-order valence-electron chi connectivity index (χ3n) is 5.46. The van der Waals surface area contributed by atoms with Gasteiger partial charge in [0.1, 0.15) is 0 Å². The van der Waals surface area contributed by atoms with Gasteiger partial charge in [-0.05, 0) is 44.2 Å². The molecule has 5 heteroatoms. The van der Waals surface area contributed by atoms with Gasteiger partial charge in [0.2, 0.25) is 5.91 Å². The quantitative estimate of drug-likeness (QED) is 0.327. The molecule has 1 fully saturated rings. The molecule has 29 heavy (non-hydrogen) atoms. The van der Waals surface area contributed by atoms with Crippen molar-refractivity contribution in [3.8, 4) is 0 Å². The third-order valence-corrected chi connectivity index (χ3v) is 5.46. The van der Waals surface area contributed by atoms with Crippen molar-refractivity contribution in [1.29, 1.82) is 0 Å². The molecule has 0 saturated carbocycles. The van der Waals surface area contributed by atoms with Gasteiger partial charge in [0.25, 0.3) is 0 Å². The summed E-state index contributed by atoms with van der Waals surface area (Å²) in [6, 6.07) is 8.16. The number of hydrogen-bond donors (Lipinski definition) is 1. The fraction of sp³-hybridized carbons (Fsp3) is 0.583. The molecule has 0 aromatic heterocycles. The zero-order chi connectivity index (χ0) is 21.1. The highest BCUT2D eigenvalue weighted by Crippen LogP contribution is 2.21. The van der Waals surface area contributed by atoms with E-state index in [-0.39, 0.29) is 17.9 Å². The average molecular weight is 402 g/mol. The second-order valence-corrected chi connectivity index (χ2v) is 7.75. The van der Waals surface area contributed by atoms with Crippen molar-refractivity contribution in [1.82, 2.24) is 4.90 Å². The number of amides is 1. The van der Waals surface area contributed by atoms with Crippen LogP contribution < -0.4 is 0 Å². The highest BCUT2D eigenvalue weighted by atomic mass is 16.5. The first-order chi connectivity index (χ1) is 14.0. The molecule has 0 bridgehead atoms. The second kappa shape index (κ2) is 12.4. The average Bonchev–Trinajstić information content (AvgIpc) is 3.04. The van der Waals surface area contributed by atoms with E-state index >= 15 is 0 Å². The number of likely N-dealkylation sites (tertiary alicyclic amines) is 1. The largest absolute Gasteiger partial charge is 0.466 e. The van der Waals surface area contributed by atoms with Crippen molar-refractivity contribution < 1.29 is 19.4 Å². The molecule has 0 radical (unpaired) electrons. The zero-order valence-corrected chi connectivity index (χ0v) is 17.8. The van der Waals surface area contributed by atoms with Crippen molar-refractivity contribution in [2.45, 2.75) is 77.4 Å². The van der Waals surface area contributed by atoms with Crippen molar-refractivity contribution in [2.75, 3.05) is 13.2 Å². The Labute approximate surface area is 174 Å². The Morgan fingerprint density at radius 1 is 1.28 bits per heavy atom. The van der Waals surface area contributed by atoms with Crippen LogP contribution in [0.3, 0.4) is 0 Å². The minimum absolute atomic E-state index is 0.0774. The van der Waals surface area contributed by atoms with Crippen molar-refractivity contribution in [3.05, 3.63) is 47.5 Å². The molecule has 5 nitrogen and oxygen atoms in total. The molecule has 160 valence electrons. The number of aliphatic hydroxyl groups is 1. The van der Waals surface area contributed by atoms with Gasteiger partial charge in [-0.2, -0.15) is 0 Å². The number of nitrogens with zero attached hydrogens (tertiary/aromatic N) is 1. The first kappa shape index (κ1) is 23.1. The number of carbonyl (C=O) groups is 2. The molecular weight excluding hydrogens is 366 g/mol. The van der Waals surface area contributed by atoms with E-state index < -0.39 is 6.10 Å². The molecule has 1 aromatic rings. The fourth-order valence-corrected chi connectivity index (χ4v) is 3.77. The molecule has 2 rings (SSSR count). The lowest BCUT2D eigenvalue weighted by atomic mass is 10.0. The van der Waals surface area contributed by atoms with Gasteiger partial charge in [-0.3, -0.25) is 9.59 Å². The Balaban J connectivity index is 1.72.